The van der Waals surface area contributed by atoms with Crippen LogP contribution in [0.2, 0.25) is 5.02 Å². The van der Waals surface area contributed by atoms with E-state index in [1.165, 1.54) is 17.2 Å². The van der Waals surface area contributed by atoms with Crippen LogP contribution in [-0.2, 0) is 11.2 Å². The molecule has 1 fully saturated rings. The minimum absolute atomic E-state index is 0.00783. The largest absolute Gasteiger partial charge is 0.335 e. The number of halogens is 2. The van der Waals surface area contributed by atoms with Crippen molar-refractivity contribution in [1.82, 2.24) is 4.90 Å². The quantitative estimate of drug-likeness (QED) is 0.798. The average Bonchev–Trinajstić information content (AvgIpc) is 3.01. The third-order valence-corrected chi connectivity index (χ3v) is 4.86. The smallest absolute Gasteiger partial charge is 0.227 e. The molecule has 0 aromatic heterocycles. The van der Waals surface area contributed by atoms with Crippen molar-refractivity contribution in [2.45, 2.75) is 32.2 Å². The Morgan fingerprint density at radius 1 is 1.26 bits per heavy atom. The molecule has 3 rings (SSSR count). The van der Waals surface area contributed by atoms with E-state index < -0.39 is 5.82 Å². The number of aryl methyl sites for hydroxylation is 1. The van der Waals surface area contributed by atoms with Crippen LogP contribution in [0.25, 0.3) is 0 Å². The maximum atomic E-state index is 13.9. The fourth-order valence-corrected chi connectivity index (χ4v) is 3.53. The molecule has 1 saturated heterocycles. The van der Waals surface area contributed by atoms with Gasteiger partial charge in [-0.1, -0.05) is 41.9 Å². The van der Waals surface area contributed by atoms with Gasteiger partial charge in [0.1, 0.15) is 5.82 Å². The van der Waals surface area contributed by atoms with E-state index >= 15 is 0 Å². The number of nitrogens with zero attached hydrogens (tertiary/aromatic N) is 1. The summed E-state index contributed by atoms with van der Waals surface area (Å²) in [5.41, 5.74) is 2.65. The van der Waals surface area contributed by atoms with Gasteiger partial charge in [0.05, 0.1) is 12.5 Å². The van der Waals surface area contributed by atoms with Crippen molar-refractivity contribution >= 4 is 17.5 Å². The van der Waals surface area contributed by atoms with Crippen molar-refractivity contribution in [3.8, 4) is 0 Å². The average molecular weight is 332 g/mol. The molecule has 1 aliphatic rings. The minimum atomic E-state index is -0.419. The summed E-state index contributed by atoms with van der Waals surface area (Å²) in [7, 11) is 0. The summed E-state index contributed by atoms with van der Waals surface area (Å²) in [6.45, 7) is 2.77. The molecule has 0 bridgehead atoms. The van der Waals surface area contributed by atoms with Gasteiger partial charge >= 0.3 is 0 Å². The molecule has 1 aliphatic heterocycles. The van der Waals surface area contributed by atoms with Crippen molar-refractivity contribution in [1.29, 1.82) is 0 Å². The predicted octanol–water partition coefficient (Wildman–Crippen LogP) is 4.69. The number of amides is 1. The molecule has 0 saturated carbocycles. The van der Waals surface area contributed by atoms with Crippen molar-refractivity contribution in [3.05, 3.63) is 70.0 Å². The Bertz CT molecular complexity index is 711. The summed E-state index contributed by atoms with van der Waals surface area (Å²) in [5, 5.41) is 0.310. The molecule has 1 unspecified atom stereocenters. The topological polar surface area (TPSA) is 20.3 Å². The van der Waals surface area contributed by atoms with Crippen molar-refractivity contribution in [3.63, 3.8) is 0 Å². The Labute approximate surface area is 140 Å². The monoisotopic (exact) mass is 331 g/mol. The zero-order valence-electron chi connectivity index (χ0n) is 13.1. The molecule has 4 heteroatoms. The molecule has 0 aliphatic carbocycles. The molecule has 0 N–H and O–H groups in total. The number of rotatable bonds is 3. The molecule has 2 nitrogen and oxygen atoms in total. The summed E-state index contributed by atoms with van der Waals surface area (Å²) in [4.78, 5) is 14.6. The Hall–Kier alpha value is -1.87. The Morgan fingerprint density at radius 3 is 2.78 bits per heavy atom. The zero-order valence-corrected chi connectivity index (χ0v) is 13.8. The van der Waals surface area contributed by atoms with E-state index in [-0.39, 0.29) is 23.9 Å². The third-order valence-electron chi connectivity index (χ3n) is 4.51. The highest BCUT2D eigenvalue weighted by Crippen LogP contribution is 2.34. The van der Waals surface area contributed by atoms with Gasteiger partial charge in [0.2, 0.25) is 5.91 Å². The van der Waals surface area contributed by atoms with Gasteiger partial charge in [0.25, 0.3) is 0 Å². The molecule has 0 radical (unpaired) electrons. The Kier molecular flexibility index (Phi) is 4.67. The van der Waals surface area contributed by atoms with Gasteiger partial charge in [-0.25, -0.2) is 4.39 Å². The number of likely N-dealkylation sites (tertiary alicyclic amines) is 1. The minimum Gasteiger partial charge on any atom is -0.335 e. The third kappa shape index (κ3) is 3.25. The molecule has 1 heterocycles. The second kappa shape index (κ2) is 6.71. The second-order valence-corrected chi connectivity index (χ2v) is 6.39. The number of carbonyl (C=O) groups is 1. The zero-order chi connectivity index (χ0) is 16.4. The maximum Gasteiger partial charge on any atom is 0.227 e. The SMILES string of the molecule is Cc1ccccc1C1CCCN1C(=O)Cc1c(F)cccc1Cl. The molecule has 23 heavy (non-hydrogen) atoms. The number of carbonyl (C=O) groups excluding carboxylic acids is 1. The lowest BCUT2D eigenvalue weighted by molar-refractivity contribution is -0.131. The lowest BCUT2D eigenvalue weighted by atomic mass is 9.99. The molecule has 120 valence electrons. The number of benzene rings is 2. The van der Waals surface area contributed by atoms with Crippen LogP contribution in [0.15, 0.2) is 42.5 Å². The van der Waals surface area contributed by atoms with Gasteiger partial charge in [-0.15, -0.1) is 0 Å². The summed E-state index contributed by atoms with van der Waals surface area (Å²) >= 11 is 6.05. The van der Waals surface area contributed by atoms with Crippen LogP contribution in [0, 0.1) is 12.7 Å². The van der Waals surface area contributed by atoms with Crippen molar-refractivity contribution in [2.24, 2.45) is 0 Å². The van der Waals surface area contributed by atoms with E-state index in [9.17, 15) is 9.18 Å². The van der Waals surface area contributed by atoms with E-state index in [1.807, 2.05) is 17.0 Å². The van der Waals surface area contributed by atoms with E-state index in [2.05, 4.69) is 19.1 Å². The number of hydrogen-bond donors (Lipinski definition) is 0. The summed E-state index contributed by atoms with van der Waals surface area (Å²) in [6.07, 6.45) is 1.92. The first-order valence-corrected chi connectivity index (χ1v) is 8.23. The Balaban J connectivity index is 1.83. The first-order chi connectivity index (χ1) is 11.1. The van der Waals surface area contributed by atoms with Gasteiger partial charge in [0, 0.05) is 17.1 Å². The highest BCUT2D eigenvalue weighted by molar-refractivity contribution is 6.31. The van der Waals surface area contributed by atoms with Crippen molar-refractivity contribution in [2.75, 3.05) is 6.54 Å². The van der Waals surface area contributed by atoms with Crippen LogP contribution < -0.4 is 0 Å². The van der Waals surface area contributed by atoms with Crippen LogP contribution in [0.4, 0.5) is 4.39 Å². The molecule has 1 atom stereocenters. The molecule has 2 aromatic carbocycles. The Morgan fingerprint density at radius 2 is 2.04 bits per heavy atom. The normalized spacial score (nSPS) is 17.5. The van der Waals surface area contributed by atoms with Gasteiger partial charge in [-0.2, -0.15) is 0 Å². The van der Waals surface area contributed by atoms with Crippen molar-refractivity contribution < 1.29 is 9.18 Å². The standard InChI is InChI=1S/C19H19ClFNO/c1-13-6-2-3-7-14(13)18-10-5-11-22(18)19(23)12-15-16(20)8-4-9-17(15)21/h2-4,6-9,18H,5,10-12H2,1H3. The first-order valence-electron chi connectivity index (χ1n) is 7.86. The van der Waals surface area contributed by atoms with Crippen LogP contribution in [0.3, 0.4) is 0 Å². The highest BCUT2D eigenvalue weighted by Gasteiger charge is 2.31. The lowest BCUT2D eigenvalue weighted by Gasteiger charge is -2.26. The van der Waals surface area contributed by atoms with E-state index in [1.54, 1.807) is 12.1 Å². The predicted molar refractivity (Wildman–Crippen MR) is 90.0 cm³/mol. The molecular formula is C19H19ClFNO. The summed E-state index contributed by atoms with van der Waals surface area (Å²) < 4.78 is 13.9. The van der Waals surface area contributed by atoms with Gasteiger partial charge in [-0.05, 0) is 43.0 Å². The lowest BCUT2D eigenvalue weighted by Crippen LogP contribution is -2.32. The van der Waals surface area contributed by atoms with Crippen LogP contribution in [-0.4, -0.2) is 17.4 Å². The fraction of sp³-hybridized carbons (Fsp3) is 0.316. The molecular weight excluding hydrogens is 313 g/mol. The number of hydrogen-bond acceptors (Lipinski definition) is 1. The first kappa shape index (κ1) is 16.0. The highest BCUT2D eigenvalue weighted by atomic mass is 35.5. The molecule has 0 spiro atoms. The maximum absolute atomic E-state index is 13.9. The molecule has 1 amide bonds. The summed E-state index contributed by atoms with van der Waals surface area (Å²) in [5.74, 6) is -0.486. The van der Waals surface area contributed by atoms with Gasteiger partial charge in [0.15, 0.2) is 0 Å². The van der Waals surface area contributed by atoms with Crippen LogP contribution in [0.1, 0.15) is 35.6 Å². The van der Waals surface area contributed by atoms with E-state index in [4.69, 9.17) is 11.6 Å². The van der Waals surface area contributed by atoms with Crippen LogP contribution in [0.5, 0.6) is 0 Å². The van der Waals surface area contributed by atoms with E-state index in [0.717, 1.165) is 12.8 Å². The van der Waals surface area contributed by atoms with Gasteiger partial charge < -0.3 is 4.90 Å². The van der Waals surface area contributed by atoms with E-state index in [0.29, 0.717) is 11.6 Å². The van der Waals surface area contributed by atoms with Crippen LogP contribution >= 0.6 is 11.6 Å². The van der Waals surface area contributed by atoms with Gasteiger partial charge in [-0.3, -0.25) is 4.79 Å². The molecule has 2 aromatic rings. The second-order valence-electron chi connectivity index (χ2n) is 5.98. The fourth-order valence-electron chi connectivity index (χ4n) is 3.30. The summed E-state index contributed by atoms with van der Waals surface area (Å²) in [6, 6.07) is 12.7.